The van der Waals surface area contributed by atoms with Gasteiger partial charge in [0, 0.05) is 40.4 Å². The quantitative estimate of drug-likeness (QED) is 0.390. The molecule has 2 rings (SSSR count). The second-order valence-corrected chi connectivity index (χ2v) is 6.34. The van der Waals surface area contributed by atoms with Gasteiger partial charge in [0.05, 0.1) is 0 Å². The normalized spacial score (nSPS) is 20.6. The third-order valence-electron chi connectivity index (χ3n) is 3.28. The number of nitrogens with zero attached hydrogens (tertiary/aromatic N) is 2. The highest BCUT2D eigenvalue weighted by molar-refractivity contribution is 8.00. The zero-order chi connectivity index (χ0) is 13.8. The van der Waals surface area contributed by atoms with Crippen LogP contribution in [0.3, 0.4) is 0 Å². The van der Waals surface area contributed by atoms with Crippen molar-refractivity contribution in [3.8, 4) is 0 Å². The Labute approximate surface area is 122 Å². The van der Waals surface area contributed by atoms with Crippen molar-refractivity contribution in [1.82, 2.24) is 0 Å². The van der Waals surface area contributed by atoms with Crippen molar-refractivity contribution in [3.05, 3.63) is 28.8 Å². The summed E-state index contributed by atoms with van der Waals surface area (Å²) in [4.78, 5) is 2.27. The van der Waals surface area contributed by atoms with Crippen molar-refractivity contribution in [2.24, 2.45) is 10.9 Å². The first-order chi connectivity index (χ1) is 9.15. The molecule has 1 aliphatic heterocycles. The molecule has 1 aromatic rings. The molecule has 6 heteroatoms. The van der Waals surface area contributed by atoms with Gasteiger partial charge in [0.15, 0.2) is 5.84 Å². The summed E-state index contributed by atoms with van der Waals surface area (Å²) in [6.45, 7) is 4.12. The fourth-order valence-corrected chi connectivity index (χ4v) is 3.57. The first kappa shape index (κ1) is 14.3. The van der Waals surface area contributed by atoms with E-state index in [1.54, 1.807) is 12.1 Å². The van der Waals surface area contributed by atoms with Crippen molar-refractivity contribution in [3.63, 3.8) is 0 Å². The Morgan fingerprint density at radius 3 is 3.11 bits per heavy atom. The number of hydrogen-bond acceptors (Lipinski definition) is 4. The monoisotopic (exact) mass is 299 g/mol. The number of hydrogen-bond donors (Lipinski definition) is 2. The molecule has 0 spiro atoms. The van der Waals surface area contributed by atoms with E-state index in [1.165, 1.54) is 0 Å². The fraction of sp³-hybridized carbons (Fsp3) is 0.462. The van der Waals surface area contributed by atoms with Crippen molar-refractivity contribution in [2.75, 3.05) is 23.7 Å². The van der Waals surface area contributed by atoms with Crippen LogP contribution in [0.15, 0.2) is 23.4 Å². The first-order valence-electron chi connectivity index (χ1n) is 6.29. The minimum absolute atomic E-state index is 0.123. The molecule has 0 aliphatic carbocycles. The molecular weight excluding hydrogens is 282 g/mol. The van der Waals surface area contributed by atoms with Gasteiger partial charge >= 0.3 is 0 Å². The summed E-state index contributed by atoms with van der Waals surface area (Å²) in [5.74, 6) is 1.21. The van der Waals surface area contributed by atoms with Crippen LogP contribution in [0.2, 0.25) is 5.02 Å². The molecule has 1 fully saturated rings. The molecule has 1 aliphatic rings. The number of halogens is 1. The molecule has 0 amide bonds. The van der Waals surface area contributed by atoms with Crippen molar-refractivity contribution in [1.29, 1.82) is 0 Å². The molecule has 3 N–H and O–H groups in total. The minimum atomic E-state index is 0.123. The molecule has 1 atom stereocenters. The maximum absolute atomic E-state index is 8.89. The van der Waals surface area contributed by atoms with Crippen molar-refractivity contribution < 1.29 is 5.21 Å². The van der Waals surface area contributed by atoms with Crippen LogP contribution in [-0.4, -0.2) is 35.1 Å². The van der Waals surface area contributed by atoms with E-state index in [4.69, 9.17) is 22.5 Å². The fourth-order valence-electron chi connectivity index (χ4n) is 2.22. The van der Waals surface area contributed by atoms with E-state index < -0.39 is 0 Å². The van der Waals surface area contributed by atoms with Gasteiger partial charge < -0.3 is 15.8 Å². The molecular formula is C13H18ClN3OS. The summed E-state index contributed by atoms with van der Waals surface area (Å²) in [5, 5.41) is 13.3. The van der Waals surface area contributed by atoms with Gasteiger partial charge in [-0.1, -0.05) is 23.7 Å². The molecule has 4 nitrogen and oxygen atoms in total. The number of thioether (sulfide) groups is 1. The largest absolute Gasteiger partial charge is 0.409 e. The van der Waals surface area contributed by atoms with E-state index in [0.717, 1.165) is 36.5 Å². The Morgan fingerprint density at radius 2 is 2.42 bits per heavy atom. The summed E-state index contributed by atoms with van der Waals surface area (Å²) >= 11 is 8.08. The standard InChI is InChI=1S/C13H18ClN3OS/c1-2-10-8-17(5-6-19-10)12-7-9(14)3-4-11(12)13(15)16-18/h3-4,7,10,18H,2,5-6,8H2,1H3,(H2,15,16). The maximum atomic E-state index is 8.89. The highest BCUT2D eigenvalue weighted by Crippen LogP contribution is 2.30. The van der Waals surface area contributed by atoms with Crippen molar-refractivity contribution in [2.45, 2.75) is 18.6 Å². The van der Waals surface area contributed by atoms with Gasteiger partial charge in [-0.25, -0.2) is 0 Å². The number of anilines is 1. The summed E-state index contributed by atoms with van der Waals surface area (Å²) < 4.78 is 0. The molecule has 0 bridgehead atoms. The molecule has 19 heavy (non-hydrogen) atoms. The van der Waals surface area contributed by atoms with E-state index in [9.17, 15) is 0 Å². The van der Waals surface area contributed by atoms with Crippen LogP contribution in [0.1, 0.15) is 18.9 Å². The van der Waals surface area contributed by atoms with Gasteiger partial charge in [0.2, 0.25) is 0 Å². The van der Waals surface area contributed by atoms with Gasteiger partial charge in [0.1, 0.15) is 0 Å². The lowest BCUT2D eigenvalue weighted by Gasteiger charge is -2.34. The van der Waals surface area contributed by atoms with E-state index in [1.807, 2.05) is 17.8 Å². The molecule has 1 unspecified atom stereocenters. The van der Waals surface area contributed by atoms with Gasteiger partial charge in [-0.15, -0.1) is 0 Å². The third-order valence-corrected chi connectivity index (χ3v) is 4.89. The second kappa shape index (κ2) is 6.39. The van der Waals surface area contributed by atoms with Crippen LogP contribution in [0.25, 0.3) is 0 Å². The summed E-state index contributed by atoms with van der Waals surface area (Å²) in [6, 6.07) is 5.45. The Bertz CT molecular complexity index is 481. The lowest BCUT2D eigenvalue weighted by Crippen LogP contribution is -2.38. The number of nitrogens with two attached hydrogens (primary N) is 1. The van der Waals surface area contributed by atoms with Gasteiger partial charge in [0.25, 0.3) is 0 Å². The van der Waals surface area contributed by atoms with E-state index in [0.29, 0.717) is 10.3 Å². The van der Waals surface area contributed by atoms with Crippen LogP contribution in [-0.2, 0) is 0 Å². The topological polar surface area (TPSA) is 61.8 Å². The van der Waals surface area contributed by atoms with Crippen molar-refractivity contribution >= 4 is 34.9 Å². The Morgan fingerprint density at radius 1 is 1.63 bits per heavy atom. The summed E-state index contributed by atoms with van der Waals surface area (Å²) in [7, 11) is 0. The van der Waals surface area contributed by atoms with Gasteiger partial charge in [-0.2, -0.15) is 11.8 Å². The Kier molecular flexibility index (Phi) is 4.82. The Balaban J connectivity index is 2.34. The summed E-state index contributed by atoms with van der Waals surface area (Å²) in [5.41, 5.74) is 7.42. The highest BCUT2D eigenvalue weighted by Gasteiger charge is 2.22. The molecule has 1 aromatic carbocycles. The van der Waals surface area contributed by atoms with Crippen LogP contribution >= 0.6 is 23.4 Å². The SMILES string of the molecule is CCC1CN(c2cc(Cl)ccc2/C(N)=N/O)CCS1. The Hall–Kier alpha value is -1.07. The lowest BCUT2D eigenvalue weighted by molar-refractivity contribution is 0.318. The zero-order valence-corrected chi connectivity index (χ0v) is 12.4. The number of oxime groups is 1. The molecule has 0 radical (unpaired) electrons. The number of rotatable bonds is 3. The van der Waals surface area contributed by atoms with E-state index in [2.05, 4.69) is 17.0 Å². The number of benzene rings is 1. The second-order valence-electron chi connectivity index (χ2n) is 4.49. The maximum Gasteiger partial charge on any atom is 0.172 e. The van der Waals surface area contributed by atoms with E-state index in [-0.39, 0.29) is 5.84 Å². The van der Waals surface area contributed by atoms with E-state index >= 15 is 0 Å². The molecule has 1 saturated heterocycles. The molecule has 104 valence electrons. The first-order valence-corrected chi connectivity index (χ1v) is 7.72. The predicted octanol–water partition coefficient (Wildman–Crippen LogP) is 2.77. The lowest BCUT2D eigenvalue weighted by atomic mass is 10.1. The van der Waals surface area contributed by atoms with Crippen LogP contribution in [0.4, 0.5) is 5.69 Å². The summed E-state index contributed by atoms with van der Waals surface area (Å²) in [6.07, 6.45) is 1.14. The van der Waals surface area contributed by atoms with Gasteiger partial charge in [-0.05, 0) is 24.6 Å². The molecule has 0 saturated carbocycles. The average molecular weight is 300 g/mol. The molecule has 1 heterocycles. The third kappa shape index (κ3) is 3.28. The average Bonchev–Trinajstić information content (AvgIpc) is 2.46. The highest BCUT2D eigenvalue weighted by atomic mass is 35.5. The minimum Gasteiger partial charge on any atom is -0.409 e. The van der Waals surface area contributed by atoms with Crippen LogP contribution < -0.4 is 10.6 Å². The zero-order valence-electron chi connectivity index (χ0n) is 10.8. The smallest absolute Gasteiger partial charge is 0.172 e. The van der Waals surface area contributed by atoms with Gasteiger partial charge in [-0.3, -0.25) is 0 Å². The molecule has 0 aromatic heterocycles. The number of amidine groups is 1. The van der Waals surface area contributed by atoms with Crippen LogP contribution in [0.5, 0.6) is 0 Å². The van der Waals surface area contributed by atoms with Crippen LogP contribution in [0, 0.1) is 0 Å². The predicted molar refractivity (Wildman–Crippen MR) is 82.7 cm³/mol.